The quantitative estimate of drug-likeness (QED) is 0.774. The molecular formula is C10H16N4O. The van der Waals surface area contributed by atoms with Crippen molar-refractivity contribution in [2.24, 2.45) is 0 Å². The first kappa shape index (κ1) is 10.2. The first-order valence-electron chi connectivity index (χ1n) is 5.10. The Kier molecular flexibility index (Phi) is 2.73. The molecule has 15 heavy (non-hydrogen) atoms. The fraction of sp³-hybridized carbons (Fsp3) is 0.600. The van der Waals surface area contributed by atoms with Gasteiger partial charge in [-0.3, -0.25) is 4.98 Å². The standard InChI is InChI=1S/C10H16N4O/c1-7-8(3-4-15-7)14(2)10-6-12-5-9(11)13-10/h5-8H,3-4H2,1-2H3,(H2,11,13). The van der Waals surface area contributed by atoms with E-state index in [1.807, 2.05) is 7.05 Å². The van der Waals surface area contributed by atoms with Crippen LogP contribution in [0.15, 0.2) is 12.4 Å². The zero-order valence-electron chi connectivity index (χ0n) is 9.05. The number of nitrogens with zero attached hydrogens (tertiary/aromatic N) is 3. The zero-order valence-corrected chi connectivity index (χ0v) is 9.05. The van der Waals surface area contributed by atoms with E-state index in [9.17, 15) is 0 Å². The van der Waals surface area contributed by atoms with Gasteiger partial charge in [-0.2, -0.15) is 0 Å². The number of likely N-dealkylation sites (N-methyl/N-ethyl adjacent to an activating group) is 1. The Labute approximate surface area is 89.3 Å². The molecule has 0 aromatic carbocycles. The highest BCUT2D eigenvalue weighted by Crippen LogP contribution is 2.22. The molecule has 5 nitrogen and oxygen atoms in total. The topological polar surface area (TPSA) is 64.3 Å². The molecule has 1 aliphatic rings. The van der Waals surface area contributed by atoms with E-state index >= 15 is 0 Å². The van der Waals surface area contributed by atoms with E-state index < -0.39 is 0 Å². The summed E-state index contributed by atoms with van der Waals surface area (Å²) in [5.74, 6) is 1.25. The van der Waals surface area contributed by atoms with Crippen LogP contribution in [0.3, 0.4) is 0 Å². The van der Waals surface area contributed by atoms with E-state index in [0.717, 1.165) is 18.8 Å². The van der Waals surface area contributed by atoms with Crippen LogP contribution in [-0.2, 0) is 4.74 Å². The second kappa shape index (κ2) is 4.02. The Morgan fingerprint density at radius 2 is 2.33 bits per heavy atom. The summed E-state index contributed by atoms with van der Waals surface area (Å²) in [4.78, 5) is 10.4. The second-order valence-corrected chi connectivity index (χ2v) is 3.84. The molecule has 0 radical (unpaired) electrons. The first-order chi connectivity index (χ1) is 7.18. The number of aromatic nitrogens is 2. The lowest BCUT2D eigenvalue weighted by molar-refractivity contribution is 0.118. The molecule has 1 aliphatic heterocycles. The molecule has 1 fully saturated rings. The van der Waals surface area contributed by atoms with Crippen molar-refractivity contribution in [1.82, 2.24) is 9.97 Å². The summed E-state index contributed by atoms with van der Waals surface area (Å²) in [7, 11) is 2.00. The van der Waals surface area contributed by atoms with Crippen LogP contribution in [0, 0.1) is 0 Å². The summed E-state index contributed by atoms with van der Waals surface area (Å²) in [5.41, 5.74) is 5.60. The molecule has 2 atom stereocenters. The van der Waals surface area contributed by atoms with Gasteiger partial charge < -0.3 is 15.4 Å². The first-order valence-corrected chi connectivity index (χ1v) is 5.10. The SMILES string of the molecule is CC1OCCC1N(C)c1cncc(N)n1. The van der Waals surface area contributed by atoms with Gasteiger partial charge in [-0.05, 0) is 13.3 Å². The number of hydrogen-bond donors (Lipinski definition) is 1. The molecule has 1 saturated heterocycles. The number of hydrogen-bond acceptors (Lipinski definition) is 5. The van der Waals surface area contributed by atoms with Crippen molar-refractivity contribution in [3.63, 3.8) is 0 Å². The highest BCUT2D eigenvalue weighted by atomic mass is 16.5. The van der Waals surface area contributed by atoms with E-state index in [-0.39, 0.29) is 6.10 Å². The zero-order chi connectivity index (χ0) is 10.8. The smallest absolute Gasteiger partial charge is 0.149 e. The van der Waals surface area contributed by atoms with E-state index in [2.05, 4.69) is 21.8 Å². The summed E-state index contributed by atoms with van der Waals surface area (Å²) in [5, 5.41) is 0. The van der Waals surface area contributed by atoms with Gasteiger partial charge >= 0.3 is 0 Å². The summed E-state index contributed by atoms with van der Waals surface area (Å²) in [6, 6.07) is 0.362. The lowest BCUT2D eigenvalue weighted by atomic mass is 10.1. The van der Waals surface area contributed by atoms with Crippen LogP contribution < -0.4 is 10.6 Å². The Balaban J connectivity index is 2.16. The average Bonchev–Trinajstić information content (AvgIpc) is 2.63. The van der Waals surface area contributed by atoms with Crippen molar-refractivity contribution < 1.29 is 4.74 Å². The minimum absolute atomic E-state index is 0.234. The summed E-state index contributed by atoms with van der Waals surface area (Å²) < 4.78 is 5.52. The molecule has 82 valence electrons. The average molecular weight is 208 g/mol. The van der Waals surface area contributed by atoms with E-state index in [0.29, 0.717) is 11.9 Å². The highest BCUT2D eigenvalue weighted by molar-refractivity contribution is 5.42. The predicted octanol–water partition coefficient (Wildman–Crippen LogP) is 0.672. The fourth-order valence-corrected chi connectivity index (χ4v) is 1.94. The van der Waals surface area contributed by atoms with Gasteiger partial charge in [0.15, 0.2) is 0 Å². The number of ether oxygens (including phenoxy) is 1. The largest absolute Gasteiger partial charge is 0.382 e. The molecule has 0 spiro atoms. The van der Waals surface area contributed by atoms with Crippen molar-refractivity contribution in [1.29, 1.82) is 0 Å². The molecule has 1 aromatic heterocycles. The number of rotatable bonds is 2. The van der Waals surface area contributed by atoms with Crippen LogP contribution in [0.5, 0.6) is 0 Å². The van der Waals surface area contributed by atoms with Crippen LogP contribution in [0.25, 0.3) is 0 Å². The maximum absolute atomic E-state index is 5.60. The summed E-state index contributed by atoms with van der Waals surface area (Å²) in [6.45, 7) is 2.89. The minimum Gasteiger partial charge on any atom is -0.382 e. The number of nitrogen functional groups attached to an aromatic ring is 1. The molecule has 0 aliphatic carbocycles. The molecular weight excluding hydrogens is 192 g/mol. The van der Waals surface area contributed by atoms with Gasteiger partial charge in [0, 0.05) is 13.7 Å². The Morgan fingerprint density at radius 1 is 1.53 bits per heavy atom. The van der Waals surface area contributed by atoms with Crippen molar-refractivity contribution in [3.05, 3.63) is 12.4 Å². The fourth-order valence-electron chi connectivity index (χ4n) is 1.94. The van der Waals surface area contributed by atoms with Crippen LogP contribution in [0.2, 0.25) is 0 Å². The van der Waals surface area contributed by atoms with Gasteiger partial charge in [0.2, 0.25) is 0 Å². The molecule has 0 saturated carbocycles. The molecule has 2 heterocycles. The normalized spacial score (nSPS) is 25.5. The van der Waals surface area contributed by atoms with Gasteiger partial charge in [-0.15, -0.1) is 0 Å². The predicted molar refractivity (Wildman–Crippen MR) is 58.7 cm³/mol. The summed E-state index contributed by atoms with van der Waals surface area (Å²) >= 11 is 0. The third-order valence-corrected chi connectivity index (χ3v) is 2.84. The summed E-state index contributed by atoms with van der Waals surface area (Å²) in [6.07, 6.45) is 4.53. The van der Waals surface area contributed by atoms with Gasteiger partial charge in [0.1, 0.15) is 11.6 Å². The monoisotopic (exact) mass is 208 g/mol. The van der Waals surface area contributed by atoms with Crippen molar-refractivity contribution in [3.8, 4) is 0 Å². The van der Waals surface area contributed by atoms with Gasteiger partial charge in [0.25, 0.3) is 0 Å². The lowest BCUT2D eigenvalue weighted by Gasteiger charge is -2.27. The molecule has 2 rings (SSSR count). The van der Waals surface area contributed by atoms with E-state index in [4.69, 9.17) is 10.5 Å². The van der Waals surface area contributed by atoms with E-state index in [1.165, 1.54) is 0 Å². The molecule has 2 unspecified atom stereocenters. The highest BCUT2D eigenvalue weighted by Gasteiger charge is 2.28. The van der Waals surface area contributed by atoms with Gasteiger partial charge in [-0.1, -0.05) is 0 Å². The van der Waals surface area contributed by atoms with Crippen LogP contribution >= 0.6 is 0 Å². The van der Waals surface area contributed by atoms with Gasteiger partial charge in [0.05, 0.1) is 24.5 Å². The van der Waals surface area contributed by atoms with Crippen LogP contribution in [-0.4, -0.2) is 35.8 Å². The van der Waals surface area contributed by atoms with Crippen LogP contribution in [0.1, 0.15) is 13.3 Å². The molecule has 0 bridgehead atoms. The second-order valence-electron chi connectivity index (χ2n) is 3.84. The molecule has 5 heteroatoms. The molecule has 2 N–H and O–H groups in total. The van der Waals surface area contributed by atoms with Crippen molar-refractivity contribution in [2.45, 2.75) is 25.5 Å². The van der Waals surface area contributed by atoms with Crippen molar-refractivity contribution in [2.75, 3.05) is 24.3 Å². The maximum Gasteiger partial charge on any atom is 0.149 e. The van der Waals surface area contributed by atoms with Crippen molar-refractivity contribution >= 4 is 11.6 Å². The Morgan fingerprint density at radius 3 is 2.93 bits per heavy atom. The van der Waals surface area contributed by atoms with E-state index in [1.54, 1.807) is 12.4 Å². The number of anilines is 2. The Bertz CT molecular complexity index is 344. The maximum atomic E-state index is 5.60. The van der Waals surface area contributed by atoms with Gasteiger partial charge in [-0.25, -0.2) is 4.98 Å². The van der Waals surface area contributed by atoms with Crippen LogP contribution in [0.4, 0.5) is 11.6 Å². The Hall–Kier alpha value is -1.36. The molecule has 1 aromatic rings. The third kappa shape index (κ3) is 2.02. The minimum atomic E-state index is 0.234. The lowest BCUT2D eigenvalue weighted by Crippen LogP contribution is -2.37. The number of nitrogens with two attached hydrogens (primary N) is 1. The molecule has 0 amide bonds. The third-order valence-electron chi connectivity index (χ3n) is 2.84.